The molecule has 1 heterocycles. The number of ether oxygens (including phenoxy) is 2. The van der Waals surface area contributed by atoms with E-state index in [1.165, 1.54) is 36.6 Å². The second-order valence-electron chi connectivity index (χ2n) is 7.33. The van der Waals surface area contributed by atoms with E-state index in [0.717, 1.165) is 0 Å². The van der Waals surface area contributed by atoms with Gasteiger partial charge in [0.1, 0.15) is 18.9 Å². The summed E-state index contributed by atoms with van der Waals surface area (Å²) in [4.78, 5) is 35.9. The highest BCUT2D eigenvalue weighted by atomic mass is 16.6. The Bertz CT molecular complexity index is 1300. The van der Waals surface area contributed by atoms with E-state index in [9.17, 15) is 19.7 Å². The van der Waals surface area contributed by atoms with Gasteiger partial charge in [-0.05, 0) is 59.7 Å². The lowest BCUT2D eigenvalue weighted by Gasteiger charge is -2.18. The molecule has 10 nitrogen and oxygen atoms in total. The number of hydrazone groups is 1. The van der Waals surface area contributed by atoms with Crippen LogP contribution in [0, 0.1) is 10.1 Å². The van der Waals surface area contributed by atoms with Gasteiger partial charge in [0.15, 0.2) is 11.5 Å². The second-order valence-corrected chi connectivity index (χ2v) is 7.33. The largest absolute Gasteiger partial charge is 0.486 e. The van der Waals surface area contributed by atoms with Crippen LogP contribution in [0.1, 0.15) is 21.5 Å². The van der Waals surface area contributed by atoms with Crippen LogP contribution in [-0.4, -0.2) is 36.2 Å². The predicted octanol–water partition coefficient (Wildman–Crippen LogP) is 3.29. The third kappa shape index (κ3) is 6.08. The lowest BCUT2D eigenvalue weighted by molar-refractivity contribution is -0.384. The molecule has 0 fully saturated rings. The first-order valence-electron chi connectivity index (χ1n) is 10.6. The highest BCUT2D eigenvalue weighted by Gasteiger charge is 2.15. The molecule has 0 saturated carbocycles. The second kappa shape index (κ2) is 10.8. The minimum absolute atomic E-state index is 0.0907. The standard InChI is InChI=1S/C25H20N4O6/c30-24(19-4-2-1-3-5-19)27-21(14-17-6-9-20(10-7-17)29(32)33)25(31)28-26-16-18-8-11-22-23(15-18)35-13-12-34-22/h1-11,14-16H,12-13H2,(H,27,30)(H,28,31)/b21-14+,26-16+. The smallest absolute Gasteiger partial charge is 0.287 e. The van der Waals surface area contributed by atoms with Crippen molar-refractivity contribution in [2.45, 2.75) is 0 Å². The summed E-state index contributed by atoms with van der Waals surface area (Å²) in [5, 5.41) is 17.4. The number of nitro groups is 1. The number of nitrogens with zero attached hydrogens (tertiary/aromatic N) is 2. The molecular formula is C25H20N4O6. The van der Waals surface area contributed by atoms with Crippen molar-refractivity contribution in [1.82, 2.24) is 10.7 Å². The van der Waals surface area contributed by atoms with Crippen LogP contribution < -0.4 is 20.2 Å². The molecule has 2 N–H and O–H groups in total. The number of benzene rings is 3. The van der Waals surface area contributed by atoms with Gasteiger partial charge >= 0.3 is 0 Å². The van der Waals surface area contributed by atoms with Crippen molar-refractivity contribution in [3.05, 3.63) is 105 Å². The topological polar surface area (TPSA) is 132 Å². The fourth-order valence-electron chi connectivity index (χ4n) is 3.17. The maximum atomic E-state index is 12.9. The number of hydrogen-bond acceptors (Lipinski definition) is 7. The van der Waals surface area contributed by atoms with Gasteiger partial charge in [-0.2, -0.15) is 5.10 Å². The van der Waals surface area contributed by atoms with Crippen molar-refractivity contribution in [3.8, 4) is 11.5 Å². The Labute approximate surface area is 200 Å². The van der Waals surface area contributed by atoms with Crippen LogP contribution in [0.2, 0.25) is 0 Å². The Kier molecular flexibility index (Phi) is 7.12. The van der Waals surface area contributed by atoms with E-state index < -0.39 is 16.7 Å². The van der Waals surface area contributed by atoms with Gasteiger partial charge < -0.3 is 14.8 Å². The predicted molar refractivity (Wildman–Crippen MR) is 128 cm³/mol. The Morgan fingerprint density at radius 3 is 2.31 bits per heavy atom. The molecule has 176 valence electrons. The van der Waals surface area contributed by atoms with Crippen molar-refractivity contribution in [1.29, 1.82) is 0 Å². The van der Waals surface area contributed by atoms with Crippen LogP contribution in [0.25, 0.3) is 6.08 Å². The molecule has 3 aromatic carbocycles. The van der Waals surface area contributed by atoms with E-state index in [2.05, 4.69) is 15.8 Å². The fraction of sp³-hybridized carbons (Fsp3) is 0.0800. The number of nitrogens with one attached hydrogen (secondary N) is 2. The number of non-ortho nitro benzene ring substituents is 1. The quantitative estimate of drug-likeness (QED) is 0.235. The summed E-state index contributed by atoms with van der Waals surface area (Å²) < 4.78 is 11.0. The van der Waals surface area contributed by atoms with Gasteiger partial charge in [-0.15, -0.1) is 0 Å². The zero-order valence-electron chi connectivity index (χ0n) is 18.3. The van der Waals surface area contributed by atoms with E-state index in [1.54, 1.807) is 48.5 Å². The Morgan fingerprint density at radius 2 is 1.60 bits per heavy atom. The number of carbonyl (C=O) groups excluding carboxylic acids is 2. The molecule has 10 heteroatoms. The van der Waals surface area contributed by atoms with Crippen molar-refractivity contribution >= 4 is 29.8 Å². The minimum atomic E-state index is -0.679. The molecule has 0 saturated heterocycles. The van der Waals surface area contributed by atoms with Crippen LogP contribution in [0.4, 0.5) is 5.69 Å². The number of carbonyl (C=O) groups is 2. The average Bonchev–Trinajstić information content (AvgIpc) is 2.89. The van der Waals surface area contributed by atoms with Crippen LogP contribution in [0.3, 0.4) is 0 Å². The molecule has 0 radical (unpaired) electrons. The summed E-state index contributed by atoms with van der Waals surface area (Å²) >= 11 is 0. The number of amides is 2. The maximum Gasteiger partial charge on any atom is 0.287 e. The van der Waals surface area contributed by atoms with Crippen LogP contribution in [-0.2, 0) is 4.79 Å². The lowest BCUT2D eigenvalue weighted by atomic mass is 10.1. The molecule has 3 aromatic rings. The highest BCUT2D eigenvalue weighted by Crippen LogP contribution is 2.30. The van der Waals surface area contributed by atoms with Crippen LogP contribution >= 0.6 is 0 Å². The molecule has 0 unspecified atom stereocenters. The van der Waals surface area contributed by atoms with Crippen LogP contribution in [0.15, 0.2) is 83.6 Å². The average molecular weight is 472 g/mol. The summed E-state index contributed by atoms with van der Waals surface area (Å²) in [5.41, 5.74) is 3.71. The third-order valence-electron chi connectivity index (χ3n) is 4.89. The molecule has 0 aromatic heterocycles. The highest BCUT2D eigenvalue weighted by molar-refractivity contribution is 6.05. The van der Waals surface area contributed by atoms with Crippen molar-refractivity contribution < 1.29 is 24.0 Å². The lowest BCUT2D eigenvalue weighted by Crippen LogP contribution is -2.32. The monoisotopic (exact) mass is 472 g/mol. The molecule has 4 rings (SSSR count). The van der Waals surface area contributed by atoms with Crippen LogP contribution in [0.5, 0.6) is 11.5 Å². The number of nitro benzene ring substituents is 1. The van der Waals surface area contributed by atoms with Gasteiger partial charge in [-0.25, -0.2) is 5.43 Å². The summed E-state index contributed by atoms with van der Waals surface area (Å²) in [6.45, 7) is 0.928. The fourth-order valence-corrected chi connectivity index (χ4v) is 3.17. The van der Waals surface area contributed by atoms with Gasteiger partial charge in [0.05, 0.1) is 11.1 Å². The van der Waals surface area contributed by atoms with Crippen molar-refractivity contribution in [2.75, 3.05) is 13.2 Å². The van der Waals surface area contributed by atoms with Gasteiger partial charge in [0.2, 0.25) is 0 Å². The van der Waals surface area contributed by atoms with E-state index in [0.29, 0.717) is 41.4 Å². The summed E-state index contributed by atoms with van der Waals surface area (Å²) in [6.07, 6.45) is 2.83. The van der Waals surface area contributed by atoms with Gasteiger partial charge in [0.25, 0.3) is 17.5 Å². The van der Waals surface area contributed by atoms with E-state index >= 15 is 0 Å². The molecule has 0 atom stereocenters. The van der Waals surface area contributed by atoms with E-state index in [-0.39, 0.29) is 11.4 Å². The first-order chi connectivity index (χ1) is 17.0. The van der Waals surface area contributed by atoms with Crippen molar-refractivity contribution in [3.63, 3.8) is 0 Å². The SMILES string of the molecule is O=C(N/N=C/c1ccc2c(c1)OCCO2)/C(=C\c1ccc([N+](=O)[O-])cc1)NC(=O)c1ccccc1. The number of hydrogen-bond donors (Lipinski definition) is 2. The number of fused-ring (bicyclic) bond motifs is 1. The molecule has 0 spiro atoms. The van der Waals surface area contributed by atoms with Gasteiger partial charge in [0, 0.05) is 17.7 Å². The molecular weight excluding hydrogens is 452 g/mol. The zero-order valence-corrected chi connectivity index (χ0v) is 18.3. The molecule has 0 bridgehead atoms. The molecule has 0 aliphatic carbocycles. The Hall–Kier alpha value is -4.99. The van der Waals surface area contributed by atoms with Gasteiger partial charge in [-0.3, -0.25) is 19.7 Å². The Balaban J connectivity index is 1.52. The van der Waals surface area contributed by atoms with E-state index in [4.69, 9.17) is 9.47 Å². The van der Waals surface area contributed by atoms with Crippen molar-refractivity contribution in [2.24, 2.45) is 5.10 Å². The molecule has 1 aliphatic rings. The molecule has 35 heavy (non-hydrogen) atoms. The minimum Gasteiger partial charge on any atom is -0.486 e. The summed E-state index contributed by atoms with van der Waals surface area (Å²) in [5.74, 6) is 0.0425. The summed E-state index contributed by atoms with van der Waals surface area (Å²) in [7, 11) is 0. The first-order valence-corrected chi connectivity index (χ1v) is 10.6. The normalized spacial score (nSPS) is 12.7. The number of rotatable bonds is 7. The molecule has 1 aliphatic heterocycles. The molecule has 2 amide bonds. The zero-order chi connectivity index (χ0) is 24.6. The third-order valence-corrected chi connectivity index (χ3v) is 4.89. The first kappa shape index (κ1) is 23.2. The summed E-state index contributed by atoms with van der Waals surface area (Å²) in [6, 6.07) is 19.2. The van der Waals surface area contributed by atoms with E-state index in [1.807, 2.05) is 0 Å². The maximum absolute atomic E-state index is 12.9. The Morgan fingerprint density at radius 1 is 0.914 bits per heavy atom. The van der Waals surface area contributed by atoms with Gasteiger partial charge in [-0.1, -0.05) is 18.2 Å².